The van der Waals surface area contributed by atoms with Gasteiger partial charge in [-0.3, -0.25) is 4.98 Å². The lowest BCUT2D eigenvalue weighted by atomic mass is 10.1. The smallest absolute Gasteiger partial charge is 0.407 e. The molecule has 0 bridgehead atoms. The highest BCUT2D eigenvalue weighted by atomic mass is 35.5. The Hall–Kier alpha value is -2.93. The van der Waals surface area contributed by atoms with Gasteiger partial charge >= 0.3 is 11.8 Å². The van der Waals surface area contributed by atoms with Crippen LogP contribution in [0.5, 0.6) is 5.75 Å². The van der Waals surface area contributed by atoms with E-state index in [1.165, 1.54) is 9.47 Å². The molecular formula is C30H42Cl2N6O5Si. The van der Waals surface area contributed by atoms with Gasteiger partial charge in [0.1, 0.15) is 29.0 Å². The Balaban J connectivity index is 1.85. The second-order valence-electron chi connectivity index (χ2n) is 13.1. The number of halogens is 2. The molecule has 2 atom stereocenters. The molecule has 0 unspecified atom stereocenters. The first kappa shape index (κ1) is 33.9. The molecular weight excluding hydrogens is 623 g/mol. The Morgan fingerprint density at radius 2 is 1.82 bits per heavy atom. The monoisotopic (exact) mass is 664 g/mol. The van der Waals surface area contributed by atoms with Crippen molar-refractivity contribution in [3.05, 3.63) is 44.7 Å². The molecule has 1 amide bonds. The van der Waals surface area contributed by atoms with Gasteiger partial charge in [-0.05, 0) is 44.0 Å². The average molecular weight is 666 g/mol. The third kappa shape index (κ3) is 6.68. The van der Waals surface area contributed by atoms with Crippen molar-refractivity contribution in [1.29, 1.82) is 0 Å². The van der Waals surface area contributed by atoms with Crippen molar-refractivity contribution in [3.63, 3.8) is 0 Å². The van der Waals surface area contributed by atoms with Gasteiger partial charge in [-0.25, -0.2) is 19.1 Å². The van der Waals surface area contributed by atoms with Crippen LogP contribution in [0.4, 0.5) is 10.6 Å². The van der Waals surface area contributed by atoms with Gasteiger partial charge in [0, 0.05) is 37.4 Å². The molecule has 0 spiro atoms. The van der Waals surface area contributed by atoms with Gasteiger partial charge in [0.05, 0.1) is 22.7 Å². The van der Waals surface area contributed by atoms with Gasteiger partial charge in [-0.15, -0.1) is 0 Å². The minimum atomic E-state index is -1.99. The van der Waals surface area contributed by atoms with Crippen LogP contribution in [0.15, 0.2) is 23.1 Å². The van der Waals surface area contributed by atoms with Crippen LogP contribution in [0.3, 0.4) is 0 Å². The van der Waals surface area contributed by atoms with Gasteiger partial charge in [-0.1, -0.05) is 57.8 Å². The molecule has 240 valence electrons. The number of pyridine rings is 2. The fourth-order valence-electron chi connectivity index (χ4n) is 5.07. The van der Waals surface area contributed by atoms with Crippen LogP contribution in [0, 0.1) is 0 Å². The quantitative estimate of drug-likeness (QED) is 0.161. The zero-order valence-electron chi connectivity index (χ0n) is 26.8. The Bertz CT molecular complexity index is 1610. The summed E-state index contributed by atoms with van der Waals surface area (Å²) in [6.45, 7) is 19.8. The number of hydrogen-bond donors (Lipinski definition) is 1. The number of fused-ring (bicyclic) bond motifs is 1. The topological polar surface area (TPSA) is 123 Å². The van der Waals surface area contributed by atoms with Crippen molar-refractivity contribution in [2.45, 2.75) is 84.6 Å². The van der Waals surface area contributed by atoms with E-state index in [1.807, 2.05) is 32.6 Å². The highest BCUT2D eigenvalue weighted by Crippen LogP contribution is 2.38. The fraction of sp³-hybridized carbons (Fsp3) is 0.567. The first-order valence-electron chi connectivity index (χ1n) is 14.8. The van der Waals surface area contributed by atoms with Crippen molar-refractivity contribution < 1.29 is 19.1 Å². The molecule has 0 aliphatic carbocycles. The number of rotatable bonds is 8. The molecule has 0 aromatic carbocycles. The molecule has 1 aliphatic rings. The van der Waals surface area contributed by atoms with Gasteiger partial charge in [0.25, 0.3) is 0 Å². The van der Waals surface area contributed by atoms with Gasteiger partial charge in [0.2, 0.25) is 0 Å². The van der Waals surface area contributed by atoms with Crippen LogP contribution in [-0.2, 0) is 4.43 Å². The Kier molecular flexibility index (Phi) is 9.89. The standard InChI is InChI=1S/C30H42Cl2N6O5Si/c1-17(2)23-24(22(10-11-33-23)42-12-13-43-44(8,9)30(5,6)7)38-27-20(14-21(31)25(32)34-27)26(35-28(38)39)36-15-19(4)37(29(40)41)16-18(36)3/h10-11,14,17-19H,12-13,15-16H2,1-9H3,(H,40,41)/t18-,19+/m0/s1. The van der Waals surface area contributed by atoms with E-state index in [0.717, 1.165) is 0 Å². The largest absolute Gasteiger partial charge is 0.489 e. The number of amides is 1. The number of anilines is 1. The van der Waals surface area contributed by atoms with E-state index in [0.29, 0.717) is 41.5 Å². The van der Waals surface area contributed by atoms with Crippen LogP contribution in [0.1, 0.15) is 60.1 Å². The Morgan fingerprint density at radius 1 is 1.14 bits per heavy atom. The van der Waals surface area contributed by atoms with Crippen LogP contribution < -0.4 is 15.3 Å². The van der Waals surface area contributed by atoms with Crippen molar-refractivity contribution in [3.8, 4) is 11.4 Å². The number of aromatic nitrogens is 4. The number of nitrogens with zero attached hydrogens (tertiary/aromatic N) is 6. The molecule has 3 aromatic rings. The third-order valence-electron chi connectivity index (χ3n) is 8.56. The zero-order valence-corrected chi connectivity index (χ0v) is 29.3. The fourth-order valence-corrected chi connectivity index (χ4v) is 6.39. The van der Waals surface area contributed by atoms with Crippen molar-refractivity contribution in [2.24, 2.45) is 0 Å². The molecule has 4 rings (SSSR count). The van der Waals surface area contributed by atoms with Crippen molar-refractivity contribution >= 4 is 54.5 Å². The van der Waals surface area contributed by atoms with Crippen LogP contribution >= 0.6 is 23.2 Å². The minimum Gasteiger partial charge on any atom is -0.489 e. The molecule has 0 radical (unpaired) electrons. The maximum atomic E-state index is 14.1. The summed E-state index contributed by atoms with van der Waals surface area (Å²) in [5, 5.41) is 10.4. The van der Waals surface area contributed by atoms with E-state index in [4.69, 9.17) is 32.4 Å². The summed E-state index contributed by atoms with van der Waals surface area (Å²) < 4.78 is 14.0. The molecule has 1 N–H and O–H groups in total. The predicted octanol–water partition coefficient (Wildman–Crippen LogP) is 6.58. The molecule has 11 nitrogen and oxygen atoms in total. The predicted molar refractivity (Wildman–Crippen MR) is 177 cm³/mol. The second-order valence-corrected chi connectivity index (χ2v) is 18.7. The molecule has 1 aliphatic heterocycles. The van der Waals surface area contributed by atoms with Crippen LogP contribution in [-0.4, -0.2) is 82.3 Å². The lowest BCUT2D eigenvalue weighted by Crippen LogP contribution is -2.58. The summed E-state index contributed by atoms with van der Waals surface area (Å²) >= 11 is 12.9. The SMILES string of the molecule is CC(C)c1nccc(OCCO[Si](C)(C)C(C)(C)C)c1-n1c(=O)nc(N2C[C@@H](C)N(C(=O)O)C[C@@H]2C)c2cc(Cl)c(Cl)nc21. The summed E-state index contributed by atoms with van der Waals surface area (Å²) in [4.78, 5) is 42.9. The van der Waals surface area contributed by atoms with Gasteiger partial charge in [0.15, 0.2) is 14.0 Å². The van der Waals surface area contributed by atoms with Crippen LogP contribution in [0.2, 0.25) is 28.3 Å². The summed E-state index contributed by atoms with van der Waals surface area (Å²) in [5.74, 6) is 0.716. The normalized spacial score (nSPS) is 17.9. The zero-order chi connectivity index (χ0) is 32.7. The summed E-state index contributed by atoms with van der Waals surface area (Å²) in [7, 11) is -1.99. The molecule has 14 heteroatoms. The van der Waals surface area contributed by atoms with Crippen LogP contribution in [0.25, 0.3) is 16.7 Å². The molecule has 44 heavy (non-hydrogen) atoms. The molecule has 0 saturated carbocycles. The lowest BCUT2D eigenvalue weighted by Gasteiger charge is -2.43. The third-order valence-corrected chi connectivity index (χ3v) is 13.8. The minimum absolute atomic E-state index is 0.0294. The van der Waals surface area contributed by atoms with E-state index in [9.17, 15) is 14.7 Å². The molecule has 1 fully saturated rings. The van der Waals surface area contributed by atoms with E-state index >= 15 is 0 Å². The number of ether oxygens (including phenoxy) is 1. The highest BCUT2D eigenvalue weighted by Gasteiger charge is 2.37. The van der Waals surface area contributed by atoms with E-state index < -0.39 is 20.1 Å². The molecule has 3 aromatic heterocycles. The number of piperazine rings is 1. The Labute approximate surface area is 269 Å². The lowest BCUT2D eigenvalue weighted by molar-refractivity contribution is 0.114. The average Bonchev–Trinajstić information content (AvgIpc) is 2.92. The Morgan fingerprint density at radius 3 is 2.43 bits per heavy atom. The molecule has 4 heterocycles. The maximum Gasteiger partial charge on any atom is 0.407 e. The van der Waals surface area contributed by atoms with Gasteiger partial charge in [-0.2, -0.15) is 4.98 Å². The molecule has 1 saturated heterocycles. The van der Waals surface area contributed by atoms with E-state index in [-0.39, 0.29) is 52.0 Å². The van der Waals surface area contributed by atoms with Crippen molar-refractivity contribution in [1.82, 2.24) is 24.4 Å². The van der Waals surface area contributed by atoms with Gasteiger partial charge < -0.3 is 24.1 Å². The highest BCUT2D eigenvalue weighted by molar-refractivity contribution is 6.74. The number of carbonyl (C=O) groups is 1. The number of carboxylic acid groups (broad SMARTS) is 1. The second kappa shape index (κ2) is 12.8. The van der Waals surface area contributed by atoms with Crippen molar-refractivity contribution in [2.75, 3.05) is 31.2 Å². The summed E-state index contributed by atoms with van der Waals surface area (Å²) in [6.07, 6.45) is 0.661. The van der Waals surface area contributed by atoms with E-state index in [1.54, 1.807) is 18.3 Å². The summed E-state index contributed by atoms with van der Waals surface area (Å²) in [5.41, 5.74) is 0.686. The first-order valence-corrected chi connectivity index (χ1v) is 18.4. The number of hydrogen-bond acceptors (Lipinski definition) is 8. The summed E-state index contributed by atoms with van der Waals surface area (Å²) in [6, 6.07) is 2.75. The first-order chi connectivity index (χ1) is 20.4. The van der Waals surface area contributed by atoms with E-state index in [2.05, 4.69) is 48.8 Å². The maximum absolute atomic E-state index is 14.1.